The van der Waals surface area contributed by atoms with Gasteiger partial charge in [0.05, 0.1) is 0 Å². The molecule has 0 aromatic heterocycles. The Kier molecular flexibility index (Phi) is 5.45. The van der Waals surface area contributed by atoms with E-state index in [9.17, 15) is 0 Å². The molecule has 2 rings (SSSR count). The van der Waals surface area contributed by atoms with Crippen LogP contribution >= 0.6 is 0 Å². The van der Waals surface area contributed by atoms with Crippen LogP contribution in [-0.2, 0) is 6.42 Å². The normalized spacial score (nSPS) is 19.7. The molecule has 2 heteroatoms. The standard InChI is InChI=1S/C19H32N2/c1-15-9-10-16(2)17(13-15)14-18(20-3)19(21(4)5)11-7-6-8-12-19/h9-10,13,18,20H,6-8,11-12,14H2,1-5H3. The Morgan fingerprint density at radius 2 is 1.81 bits per heavy atom. The molecular formula is C19H32N2. The molecule has 1 aromatic rings. The predicted octanol–water partition coefficient (Wildman–Crippen LogP) is 3.70. The first-order valence-corrected chi connectivity index (χ1v) is 8.40. The highest BCUT2D eigenvalue weighted by Crippen LogP contribution is 2.36. The van der Waals surface area contributed by atoms with Crippen molar-refractivity contribution >= 4 is 0 Å². The van der Waals surface area contributed by atoms with E-state index in [4.69, 9.17) is 0 Å². The summed E-state index contributed by atoms with van der Waals surface area (Å²) in [5, 5.41) is 3.65. The third-order valence-corrected chi connectivity index (χ3v) is 5.54. The smallest absolute Gasteiger partial charge is 0.0359 e. The molecule has 0 aliphatic heterocycles. The van der Waals surface area contributed by atoms with Crippen LogP contribution < -0.4 is 5.32 Å². The zero-order chi connectivity index (χ0) is 15.5. The summed E-state index contributed by atoms with van der Waals surface area (Å²) in [7, 11) is 6.66. The van der Waals surface area contributed by atoms with E-state index < -0.39 is 0 Å². The number of nitrogens with one attached hydrogen (secondary N) is 1. The van der Waals surface area contributed by atoms with E-state index in [0.717, 1.165) is 6.42 Å². The second-order valence-electron chi connectivity index (χ2n) is 7.03. The van der Waals surface area contributed by atoms with Crippen LogP contribution in [0.25, 0.3) is 0 Å². The molecule has 0 radical (unpaired) electrons. The molecule has 1 saturated carbocycles. The molecule has 1 aliphatic carbocycles. The Morgan fingerprint density at radius 1 is 1.14 bits per heavy atom. The maximum absolute atomic E-state index is 3.65. The van der Waals surface area contributed by atoms with Gasteiger partial charge in [0, 0.05) is 11.6 Å². The van der Waals surface area contributed by atoms with Crippen molar-refractivity contribution in [2.75, 3.05) is 21.1 Å². The molecule has 1 aromatic carbocycles. The van der Waals surface area contributed by atoms with Crippen molar-refractivity contribution in [2.24, 2.45) is 0 Å². The van der Waals surface area contributed by atoms with Gasteiger partial charge in [-0.15, -0.1) is 0 Å². The van der Waals surface area contributed by atoms with E-state index in [1.807, 2.05) is 0 Å². The van der Waals surface area contributed by atoms with Crippen LogP contribution in [0.5, 0.6) is 0 Å². The van der Waals surface area contributed by atoms with Crippen LogP contribution in [0.4, 0.5) is 0 Å². The predicted molar refractivity (Wildman–Crippen MR) is 92.0 cm³/mol. The zero-order valence-electron chi connectivity index (χ0n) is 14.5. The van der Waals surface area contributed by atoms with E-state index in [2.05, 4.69) is 63.4 Å². The summed E-state index contributed by atoms with van der Waals surface area (Å²) in [6.45, 7) is 4.43. The number of likely N-dealkylation sites (N-methyl/N-ethyl adjacent to an activating group) is 2. The largest absolute Gasteiger partial charge is 0.315 e. The van der Waals surface area contributed by atoms with Gasteiger partial charge in [0.2, 0.25) is 0 Å². The van der Waals surface area contributed by atoms with Crippen LogP contribution in [0.3, 0.4) is 0 Å². The van der Waals surface area contributed by atoms with Crippen molar-refractivity contribution < 1.29 is 0 Å². The lowest BCUT2D eigenvalue weighted by Crippen LogP contribution is -2.60. The minimum atomic E-state index is 0.309. The van der Waals surface area contributed by atoms with Crippen LogP contribution in [-0.4, -0.2) is 37.6 Å². The van der Waals surface area contributed by atoms with Crippen LogP contribution in [0.2, 0.25) is 0 Å². The topological polar surface area (TPSA) is 15.3 Å². The first kappa shape index (κ1) is 16.5. The molecule has 0 amide bonds. The van der Waals surface area contributed by atoms with Gasteiger partial charge in [0.15, 0.2) is 0 Å². The summed E-state index contributed by atoms with van der Waals surface area (Å²) < 4.78 is 0. The monoisotopic (exact) mass is 288 g/mol. The van der Waals surface area contributed by atoms with Crippen LogP contribution in [0.15, 0.2) is 18.2 Å². The van der Waals surface area contributed by atoms with Gasteiger partial charge in [-0.1, -0.05) is 43.0 Å². The molecule has 0 saturated heterocycles. The summed E-state index contributed by atoms with van der Waals surface area (Å²) in [5.41, 5.74) is 4.60. The highest BCUT2D eigenvalue weighted by molar-refractivity contribution is 5.31. The molecule has 0 spiro atoms. The Bertz CT molecular complexity index is 459. The third kappa shape index (κ3) is 3.49. The van der Waals surface area contributed by atoms with Gasteiger partial charge >= 0.3 is 0 Å². The SMILES string of the molecule is CNC(Cc1cc(C)ccc1C)C1(N(C)C)CCCCC1. The Hall–Kier alpha value is -0.860. The number of hydrogen-bond acceptors (Lipinski definition) is 2. The molecule has 118 valence electrons. The van der Waals surface area contributed by atoms with Crippen molar-refractivity contribution in [3.63, 3.8) is 0 Å². The lowest BCUT2D eigenvalue weighted by Gasteiger charge is -2.48. The van der Waals surface area contributed by atoms with Gasteiger partial charge in [0.1, 0.15) is 0 Å². The van der Waals surface area contributed by atoms with Crippen molar-refractivity contribution in [2.45, 2.75) is 64.0 Å². The molecular weight excluding hydrogens is 256 g/mol. The van der Waals surface area contributed by atoms with Crippen molar-refractivity contribution in [3.05, 3.63) is 34.9 Å². The molecule has 1 unspecified atom stereocenters. The molecule has 2 nitrogen and oxygen atoms in total. The second-order valence-corrected chi connectivity index (χ2v) is 7.03. The maximum atomic E-state index is 3.65. The van der Waals surface area contributed by atoms with Gasteiger partial charge in [-0.2, -0.15) is 0 Å². The van der Waals surface area contributed by atoms with Crippen molar-refractivity contribution in [1.82, 2.24) is 10.2 Å². The maximum Gasteiger partial charge on any atom is 0.0359 e. The van der Waals surface area contributed by atoms with Gasteiger partial charge in [-0.25, -0.2) is 0 Å². The number of hydrogen-bond donors (Lipinski definition) is 1. The van der Waals surface area contributed by atoms with Crippen molar-refractivity contribution in [3.8, 4) is 0 Å². The molecule has 0 bridgehead atoms. The van der Waals surface area contributed by atoms with E-state index >= 15 is 0 Å². The van der Waals surface area contributed by atoms with Crippen LogP contribution in [0.1, 0.15) is 48.8 Å². The summed E-state index contributed by atoms with van der Waals surface area (Å²) in [6.07, 6.45) is 7.89. The summed E-state index contributed by atoms with van der Waals surface area (Å²) in [5.74, 6) is 0. The fraction of sp³-hybridized carbons (Fsp3) is 0.684. The van der Waals surface area contributed by atoms with Crippen LogP contribution in [0, 0.1) is 13.8 Å². The minimum absolute atomic E-state index is 0.309. The van der Waals surface area contributed by atoms with Gasteiger partial charge in [-0.3, -0.25) is 0 Å². The van der Waals surface area contributed by atoms with E-state index in [1.54, 1.807) is 0 Å². The lowest BCUT2D eigenvalue weighted by molar-refractivity contribution is 0.0598. The first-order chi connectivity index (χ1) is 9.99. The van der Waals surface area contributed by atoms with E-state index in [1.165, 1.54) is 48.8 Å². The average Bonchev–Trinajstić information content (AvgIpc) is 2.48. The van der Waals surface area contributed by atoms with Gasteiger partial charge < -0.3 is 10.2 Å². The molecule has 0 heterocycles. The fourth-order valence-corrected chi connectivity index (χ4v) is 4.07. The van der Waals surface area contributed by atoms with E-state index in [0.29, 0.717) is 11.6 Å². The lowest BCUT2D eigenvalue weighted by atomic mass is 9.73. The van der Waals surface area contributed by atoms with Gasteiger partial charge in [0.25, 0.3) is 0 Å². The summed E-state index contributed by atoms with van der Waals surface area (Å²) >= 11 is 0. The Labute approximate surface area is 130 Å². The Balaban J connectivity index is 2.26. The molecule has 1 atom stereocenters. The molecule has 1 aliphatic rings. The number of aryl methyl sites for hydroxylation is 2. The summed E-state index contributed by atoms with van der Waals surface area (Å²) in [6, 6.07) is 7.37. The molecule has 21 heavy (non-hydrogen) atoms. The summed E-state index contributed by atoms with van der Waals surface area (Å²) in [4.78, 5) is 2.48. The van der Waals surface area contributed by atoms with E-state index in [-0.39, 0.29) is 0 Å². The Morgan fingerprint density at radius 3 is 2.38 bits per heavy atom. The number of benzene rings is 1. The van der Waals surface area contributed by atoms with Gasteiger partial charge in [-0.05, 0) is 65.4 Å². The minimum Gasteiger partial charge on any atom is -0.315 e. The molecule has 1 N–H and O–H groups in total. The first-order valence-electron chi connectivity index (χ1n) is 8.40. The number of nitrogens with zero attached hydrogens (tertiary/aromatic N) is 1. The highest BCUT2D eigenvalue weighted by Gasteiger charge is 2.40. The fourth-order valence-electron chi connectivity index (χ4n) is 4.07. The third-order valence-electron chi connectivity index (χ3n) is 5.54. The molecule has 1 fully saturated rings. The van der Waals surface area contributed by atoms with Crippen molar-refractivity contribution in [1.29, 1.82) is 0 Å². The average molecular weight is 288 g/mol. The highest BCUT2D eigenvalue weighted by atomic mass is 15.2. The zero-order valence-corrected chi connectivity index (χ0v) is 14.5. The quantitative estimate of drug-likeness (QED) is 0.889. The second kappa shape index (κ2) is 6.93. The number of rotatable bonds is 5.